The molecule has 4 aliphatic carbocycles. The highest BCUT2D eigenvalue weighted by Crippen LogP contribution is 2.65. The fourth-order valence-electron chi connectivity index (χ4n) is 7.14. The number of hydrogen-bond donors (Lipinski definition) is 0. The van der Waals surface area contributed by atoms with Crippen molar-refractivity contribution in [1.82, 2.24) is 0 Å². The fourth-order valence-corrected chi connectivity index (χ4v) is 7.81. The van der Waals surface area contributed by atoms with Crippen molar-refractivity contribution in [2.45, 2.75) is 78.4 Å². The van der Waals surface area contributed by atoms with Gasteiger partial charge in [0.25, 0.3) is 0 Å². The van der Waals surface area contributed by atoms with E-state index in [0.717, 1.165) is 38.7 Å². The first kappa shape index (κ1) is 19.6. The third kappa shape index (κ3) is 2.93. The number of carbonyl (C=O) groups excluding carboxylic acids is 2. The van der Waals surface area contributed by atoms with E-state index >= 15 is 0 Å². The maximum Gasteiger partial charge on any atom is 0.183 e. The molecule has 4 aliphatic rings. The lowest BCUT2D eigenvalue weighted by atomic mass is 9.45. The molecule has 4 heteroatoms. The van der Waals surface area contributed by atoms with Crippen LogP contribution in [0.2, 0.25) is 19.6 Å². The van der Waals surface area contributed by atoms with Crippen molar-refractivity contribution in [3.05, 3.63) is 11.6 Å². The number of allylic oxidation sites excluding steroid dienone is 1. The minimum atomic E-state index is -1.64. The number of carbonyl (C=O) groups is 2. The third-order valence-electron chi connectivity index (χ3n) is 8.59. The van der Waals surface area contributed by atoms with Crippen molar-refractivity contribution >= 4 is 19.9 Å². The predicted molar refractivity (Wildman–Crippen MR) is 110 cm³/mol. The molecule has 27 heavy (non-hydrogen) atoms. The van der Waals surface area contributed by atoms with E-state index in [0.29, 0.717) is 48.1 Å². The summed E-state index contributed by atoms with van der Waals surface area (Å²) in [7, 11) is -1.64. The smallest absolute Gasteiger partial charge is 0.183 e. The van der Waals surface area contributed by atoms with Gasteiger partial charge in [-0.05, 0) is 69.0 Å². The molecule has 0 saturated heterocycles. The Bertz CT molecular complexity index is 690. The molecule has 3 fully saturated rings. The zero-order valence-electron chi connectivity index (χ0n) is 17.8. The minimum absolute atomic E-state index is 0.0179. The molecule has 0 aromatic carbocycles. The highest BCUT2D eigenvalue weighted by molar-refractivity contribution is 6.69. The van der Waals surface area contributed by atoms with Crippen molar-refractivity contribution < 1.29 is 14.0 Å². The van der Waals surface area contributed by atoms with Gasteiger partial charge >= 0.3 is 0 Å². The van der Waals surface area contributed by atoms with Crippen molar-refractivity contribution in [2.75, 3.05) is 6.61 Å². The lowest BCUT2D eigenvalue weighted by Gasteiger charge is -2.59. The Kier molecular flexibility index (Phi) is 4.63. The molecule has 0 spiro atoms. The minimum Gasteiger partial charge on any atom is -0.417 e. The summed E-state index contributed by atoms with van der Waals surface area (Å²) in [5, 5.41) is 0. The van der Waals surface area contributed by atoms with Gasteiger partial charge in [-0.3, -0.25) is 9.59 Å². The summed E-state index contributed by atoms with van der Waals surface area (Å²) in [6.07, 6.45) is 8.76. The van der Waals surface area contributed by atoms with Crippen LogP contribution in [0.1, 0.15) is 58.8 Å². The predicted octanol–water partition coefficient (Wildman–Crippen LogP) is 5.17. The maximum absolute atomic E-state index is 12.7. The molecule has 0 heterocycles. The SMILES string of the molecule is C[C@@H]1CC(=O)CC2=CC[C@@H]3[C@H](CC[C@]4(C)C(=O)CC[C@@H]34)[C@]21CO[Si](C)(C)C. The normalized spacial score (nSPS) is 44.4. The van der Waals surface area contributed by atoms with Gasteiger partial charge in [0.05, 0.1) is 0 Å². The Morgan fingerprint density at radius 1 is 1.19 bits per heavy atom. The standard InChI is InChI=1S/C23H36O3Si/c1-15-12-17(24)13-16-6-7-18-19-8-9-21(25)22(19,2)11-10-20(18)23(15,16)14-26-27(3,4)5/h6,15,18-20H,7-14H2,1-5H3/t15-,18+,19+,20+,22+,23+/m1/s1. The Morgan fingerprint density at radius 3 is 2.63 bits per heavy atom. The largest absolute Gasteiger partial charge is 0.417 e. The lowest BCUT2D eigenvalue weighted by Crippen LogP contribution is -2.56. The molecule has 0 aromatic rings. The third-order valence-corrected chi connectivity index (χ3v) is 9.60. The van der Waals surface area contributed by atoms with Crippen LogP contribution >= 0.6 is 0 Å². The Hall–Kier alpha value is -0.743. The molecule has 0 amide bonds. The number of Topliss-reactive ketones (excluding diaryl/α,β-unsaturated/α-hetero) is 2. The molecule has 0 unspecified atom stereocenters. The van der Waals surface area contributed by atoms with Gasteiger partial charge in [0.15, 0.2) is 8.32 Å². The first-order valence-electron chi connectivity index (χ1n) is 11.0. The molecule has 0 bridgehead atoms. The summed E-state index contributed by atoms with van der Waals surface area (Å²) in [5.74, 6) is 2.92. The van der Waals surface area contributed by atoms with Gasteiger partial charge in [-0.1, -0.05) is 25.5 Å². The van der Waals surface area contributed by atoms with Gasteiger partial charge in [-0.15, -0.1) is 0 Å². The van der Waals surface area contributed by atoms with Gasteiger partial charge in [0, 0.05) is 36.7 Å². The molecular weight excluding hydrogens is 352 g/mol. The molecule has 0 radical (unpaired) electrons. The maximum atomic E-state index is 12.7. The first-order chi connectivity index (χ1) is 12.6. The number of rotatable bonds is 3. The highest BCUT2D eigenvalue weighted by Gasteiger charge is 2.61. The van der Waals surface area contributed by atoms with Crippen LogP contribution in [0.25, 0.3) is 0 Å². The Morgan fingerprint density at radius 2 is 1.93 bits per heavy atom. The van der Waals surface area contributed by atoms with Crippen LogP contribution in [0.15, 0.2) is 11.6 Å². The van der Waals surface area contributed by atoms with Gasteiger partial charge in [0.1, 0.15) is 11.6 Å². The first-order valence-corrected chi connectivity index (χ1v) is 14.4. The van der Waals surface area contributed by atoms with E-state index in [9.17, 15) is 9.59 Å². The average molecular weight is 389 g/mol. The molecule has 6 atom stereocenters. The van der Waals surface area contributed by atoms with Crippen LogP contribution < -0.4 is 0 Å². The van der Waals surface area contributed by atoms with Crippen LogP contribution in [0.3, 0.4) is 0 Å². The number of ketones is 2. The monoisotopic (exact) mass is 388 g/mol. The molecule has 0 aliphatic heterocycles. The molecule has 150 valence electrons. The topological polar surface area (TPSA) is 43.4 Å². The van der Waals surface area contributed by atoms with E-state index in [4.69, 9.17) is 4.43 Å². The van der Waals surface area contributed by atoms with Crippen LogP contribution in [-0.4, -0.2) is 26.5 Å². The molecule has 0 aromatic heterocycles. The van der Waals surface area contributed by atoms with Crippen LogP contribution in [0.4, 0.5) is 0 Å². The second-order valence-corrected chi connectivity index (χ2v) is 15.5. The summed E-state index contributed by atoms with van der Waals surface area (Å²) in [6.45, 7) is 12.1. The zero-order valence-corrected chi connectivity index (χ0v) is 18.8. The fraction of sp³-hybridized carbons (Fsp3) is 0.826. The summed E-state index contributed by atoms with van der Waals surface area (Å²) < 4.78 is 6.56. The Balaban J connectivity index is 1.74. The lowest BCUT2D eigenvalue weighted by molar-refractivity contribution is -0.136. The van der Waals surface area contributed by atoms with Gasteiger partial charge in [0.2, 0.25) is 0 Å². The van der Waals surface area contributed by atoms with E-state index in [-0.39, 0.29) is 10.8 Å². The van der Waals surface area contributed by atoms with Gasteiger partial charge in [-0.25, -0.2) is 0 Å². The van der Waals surface area contributed by atoms with Crippen LogP contribution in [0, 0.1) is 34.5 Å². The molecule has 0 N–H and O–H groups in total. The molecule has 4 rings (SSSR count). The van der Waals surface area contributed by atoms with E-state index in [1.807, 2.05) is 0 Å². The summed E-state index contributed by atoms with van der Waals surface area (Å²) >= 11 is 0. The van der Waals surface area contributed by atoms with Crippen LogP contribution in [0.5, 0.6) is 0 Å². The van der Waals surface area contributed by atoms with Crippen molar-refractivity contribution in [2.24, 2.45) is 34.5 Å². The van der Waals surface area contributed by atoms with E-state index in [1.165, 1.54) is 5.57 Å². The zero-order chi connectivity index (χ0) is 19.6. The quantitative estimate of drug-likeness (QED) is 0.495. The summed E-state index contributed by atoms with van der Waals surface area (Å²) in [6, 6.07) is 0. The molecule has 3 saturated carbocycles. The number of fused-ring (bicyclic) bond motifs is 5. The summed E-state index contributed by atoms with van der Waals surface area (Å²) in [5.41, 5.74) is 1.30. The summed E-state index contributed by atoms with van der Waals surface area (Å²) in [4.78, 5) is 25.0. The molecular formula is C23H36O3Si. The van der Waals surface area contributed by atoms with Crippen LogP contribution in [-0.2, 0) is 14.0 Å². The molecule has 3 nitrogen and oxygen atoms in total. The second-order valence-electron chi connectivity index (χ2n) is 11.0. The van der Waals surface area contributed by atoms with Gasteiger partial charge in [-0.2, -0.15) is 0 Å². The second kappa shape index (κ2) is 6.38. The number of hydrogen-bond acceptors (Lipinski definition) is 3. The Labute approximate surface area is 165 Å². The van der Waals surface area contributed by atoms with Gasteiger partial charge < -0.3 is 4.43 Å². The van der Waals surface area contributed by atoms with Crippen molar-refractivity contribution in [3.63, 3.8) is 0 Å². The van der Waals surface area contributed by atoms with E-state index in [2.05, 4.69) is 39.6 Å². The van der Waals surface area contributed by atoms with E-state index < -0.39 is 8.32 Å². The van der Waals surface area contributed by atoms with Crippen molar-refractivity contribution in [1.29, 1.82) is 0 Å². The highest BCUT2D eigenvalue weighted by atomic mass is 28.4. The van der Waals surface area contributed by atoms with Crippen molar-refractivity contribution in [3.8, 4) is 0 Å². The van der Waals surface area contributed by atoms with E-state index in [1.54, 1.807) is 0 Å². The average Bonchev–Trinajstić information content (AvgIpc) is 2.88.